The van der Waals surface area contributed by atoms with Crippen LogP contribution in [0.5, 0.6) is 0 Å². The standard InChI is InChI=1S/C23H45NO4.ClH/c1-5-6-7-8-9-10-11-12-13-14-15-16-17-18-23(27)28-21(19-22(25)26)20-24(2,3)4;/h21H,5-20H2,1-4H3;1H/t21-;/m1./s1/i23+2;. The lowest BCUT2D eigenvalue weighted by Crippen LogP contribution is -3.00. The first-order valence-corrected chi connectivity index (χ1v) is 11.5. The van der Waals surface area contributed by atoms with Crippen molar-refractivity contribution in [2.75, 3.05) is 27.7 Å². The molecular weight excluding hydrogens is 392 g/mol. The highest BCUT2D eigenvalue weighted by Gasteiger charge is 2.24. The van der Waals surface area contributed by atoms with Gasteiger partial charge in [0.05, 0.1) is 27.6 Å². The molecular formula is C23H46ClNO4. The molecule has 0 fully saturated rings. The summed E-state index contributed by atoms with van der Waals surface area (Å²) in [6, 6.07) is 0. The summed E-state index contributed by atoms with van der Waals surface area (Å²) in [6.07, 6.45) is 16.2. The lowest BCUT2D eigenvalue weighted by atomic mass is 10.0. The van der Waals surface area contributed by atoms with Crippen molar-refractivity contribution in [2.45, 2.75) is 109 Å². The number of hydrogen-bond acceptors (Lipinski definition) is 3. The van der Waals surface area contributed by atoms with Crippen LogP contribution in [0.4, 0.5) is 0 Å². The Hall–Kier alpha value is -0.810. The minimum absolute atomic E-state index is 0. The van der Waals surface area contributed by atoms with E-state index in [0.29, 0.717) is 17.4 Å². The maximum absolute atomic E-state index is 12.0. The minimum atomic E-state index is -0.924. The Morgan fingerprint density at radius 2 is 1.28 bits per heavy atom. The smallest absolute Gasteiger partial charge is 0.307 e. The van der Waals surface area contributed by atoms with Crippen LogP contribution in [0.3, 0.4) is 0 Å². The van der Waals surface area contributed by atoms with Crippen LogP contribution >= 0.6 is 0 Å². The molecule has 0 unspecified atom stereocenters. The Kier molecular flexibility index (Phi) is 20.1. The molecule has 0 aliphatic rings. The maximum atomic E-state index is 12.0. The Balaban J connectivity index is 0. The molecule has 0 aromatic rings. The Labute approximate surface area is 185 Å². The molecule has 0 amide bonds. The molecule has 6 heteroatoms. The molecule has 29 heavy (non-hydrogen) atoms. The number of carbonyl (C=O) groups is 2. The zero-order chi connectivity index (χ0) is 21.3. The van der Waals surface area contributed by atoms with Gasteiger partial charge in [-0.25, -0.2) is 0 Å². The number of quaternary nitrogens is 1. The molecule has 174 valence electrons. The van der Waals surface area contributed by atoms with Gasteiger partial charge in [0.15, 0.2) is 6.10 Å². The number of hydrogen-bond donors (Lipinski definition) is 1. The molecule has 5 nitrogen and oxygen atoms in total. The summed E-state index contributed by atoms with van der Waals surface area (Å²) >= 11 is 0. The summed E-state index contributed by atoms with van der Waals surface area (Å²) in [4.78, 5) is 23.0. The predicted molar refractivity (Wildman–Crippen MR) is 115 cm³/mol. The van der Waals surface area contributed by atoms with E-state index in [4.69, 9.17) is 9.84 Å². The third kappa shape index (κ3) is 23.3. The number of halogens is 1. The Bertz CT molecular complexity index is 410. The number of rotatable bonds is 19. The van der Waals surface area contributed by atoms with Gasteiger partial charge < -0.3 is 26.7 Å². The van der Waals surface area contributed by atoms with Crippen molar-refractivity contribution >= 4 is 11.9 Å². The van der Waals surface area contributed by atoms with Crippen LogP contribution in [0, 0.1) is 0 Å². The van der Waals surface area contributed by atoms with Crippen molar-refractivity contribution in [3.05, 3.63) is 0 Å². The summed E-state index contributed by atoms with van der Waals surface area (Å²) in [5, 5.41) is 8.99. The highest BCUT2D eigenvalue weighted by Crippen LogP contribution is 2.14. The maximum Gasteiger partial charge on any atom is 0.307 e. The van der Waals surface area contributed by atoms with Gasteiger partial charge in [-0.05, 0) is 6.42 Å². The van der Waals surface area contributed by atoms with Gasteiger partial charge in [0.1, 0.15) is 6.54 Å². The minimum Gasteiger partial charge on any atom is -1.00 e. The molecule has 0 aromatic heterocycles. The average Bonchev–Trinajstić information content (AvgIpc) is 2.56. The number of carbonyl (C=O) groups excluding carboxylic acids is 1. The van der Waals surface area contributed by atoms with Crippen LogP contribution in [-0.4, -0.2) is 55.3 Å². The molecule has 0 aliphatic carbocycles. The average molecular weight is 438 g/mol. The lowest BCUT2D eigenvalue weighted by molar-refractivity contribution is -0.873. The number of esters is 1. The first-order valence-electron chi connectivity index (χ1n) is 11.5. The zero-order valence-corrected chi connectivity index (χ0v) is 20.1. The van der Waals surface area contributed by atoms with Gasteiger partial charge in [0.2, 0.25) is 0 Å². The van der Waals surface area contributed by atoms with E-state index in [-0.39, 0.29) is 24.8 Å². The van der Waals surface area contributed by atoms with E-state index >= 15 is 0 Å². The van der Waals surface area contributed by atoms with Crippen molar-refractivity contribution in [1.29, 1.82) is 0 Å². The number of unbranched alkanes of at least 4 members (excludes halogenated alkanes) is 12. The highest BCUT2D eigenvalue weighted by molar-refractivity contribution is 5.71. The third-order valence-electron chi connectivity index (χ3n) is 4.94. The molecule has 0 bridgehead atoms. The molecule has 0 saturated heterocycles. The van der Waals surface area contributed by atoms with Gasteiger partial charge in [-0.15, -0.1) is 0 Å². The van der Waals surface area contributed by atoms with E-state index in [9.17, 15) is 9.59 Å². The summed E-state index contributed by atoms with van der Waals surface area (Å²) < 4.78 is 5.98. The fraction of sp³-hybridized carbons (Fsp3) is 0.913. The first kappa shape index (κ1) is 30.4. The quantitative estimate of drug-likeness (QED) is 0.191. The Morgan fingerprint density at radius 1 is 0.862 bits per heavy atom. The molecule has 0 heterocycles. The van der Waals surface area contributed by atoms with Crippen LogP contribution < -0.4 is 12.4 Å². The fourth-order valence-electron chi connectivity index (χ4n) is 3.48. The molecule has 1 atom stereocenters. The van der Waals surface area contributed by atoms with Crippen LogP contribution in [0.1, 0.15) is 103 Å². The van der Waals surface area contributed by atoms with Gasteiger partial charge in [-0.3, -0.25) is 9.59 Å². The van der Waals surface area contributed by atoms with Crippen LogP contribution in [0.25, 0.3) is 0 Å². The highest BCUT2D eigenvalue weighted by atomic mass is 35.5. The van der Waals surface area contributed by atoms with Gasteiger partial charge in [-0.1, -0.05) is 84.0 Å². The van der Waals surface area contributed by atoms with Crippen molar-refractivity contribution in [3.63, 3.8) is 0 Å². The number of aliphatic carboxylic acids is 1. The SMILES string of the molecule is CCCCCCCCCCCCCCC[14C](=O)O[C@H](CC(=O)O)C[N+](C)(C)C.[Cl-]. The van der Waals surface area contributed by atoms with Crippen molar-refractivity contribution in [2.24, 2.45) is 0 Å². The molecule has 0 aliphatic heterocycles. The van der Waals surface area contributed by atoms with E-state index in [2.05, 4.69) is 6.92 Å². The molecule has 0 radical (unpaired) electrons. The van der Waals surface area contributed by atoms with Gasteiger partial charge in [0.25, 0.3) is 0 Å². The second kappa shape index (κ2) is 19.2. The largest absolute Gasteiger partial charge is 1.00 e. The van der Waals surface area contributed by atoms with E-state index in [1.165, 1.54) is 70.6 Å². The lowest BCUT2D eigenvalue weighted by Gasteiger charge is -2.28. The molecule has 1 N–H and O–H groups in total. The number of nitrogens with zero attached hydrogens (tertiary/aromatic N) is 1. The van der Waals surface area contributed by atoms with E-state index in [1.807, 2.05) is 21.1 Å². The van der Waals surface area contributed by atoms with Crippen molar-refractivity contribution in [3.8, 4) is 0 Å². The summed E-state index contributed by atoms with van der Waals surface area (Å²) in [5.41, 5.74) is 0. The first-order chi connectivity index (χ1) is 13.2. The topological polar surface area (TPSA) is 63.6 Å². The zero-order valence-electron chi connectivity index (χ0n) is 19.4. The van der Waals surface area contributed by atoms with E-state index in [0.717, 1.165) is 12.8 Å². The summed E-state index contributed by atoms with van der Waals surface area (Å²) in [6.45, 7) is 2.77. The van der Waals surface area contributed by atoms with Crippen molar-refractivity contribution < 1.29 is 36.3 Å². The van der Waals surface area contributed by atoms with E-state index < -0.39 is 12.1 Å². The van der Waals surface area contributed by atoms with E-state index in [1.54, 1.807) is 0 Å². The predicted octanol–water partition coefficient (Wildman–Crippen LogP) is 2.56. The number of likely N-dealkylation sites (N-methyl/N-ethyl adjacent to an activating group) is 1. The molecule has 0 saturated carbocycles. The van der Waals surface area contributed by atoms with Crippen molar-refractivity contribution in [1.82, 2.24) is 0 Å². The summed E-state index contributed by atoms with van der Waals surface area (Å²) in [5.74, 6) is -1.19. The Morgan fingerprint density at radius 3 is 1.66 bits per heavy atom. The summed E-state index contributed by atoms with van der Waals surface area (Å²) in [7, 11) is 5.90. The molecule has 0 aromatic carbocycles. The van der Waals surface area contributed by atoms with Gasteiger partial charge >= 0.3 is 11.9 Å². The van der Waals surface area contributed by atoms with Gasteiger partial charge in [-0.2, -0.15) is 0 Å². The third-order valence-corrected chi connectivity index (χ3v) is 4.94. The molecule has 0 rings (SSSR count). The molecule has 0 spiro atoms. The number of carboxylic acid groups (broad SMARTS) is 1. The second-order valence-corrected chi connectivity index (χ2v) is 9.18. The van der Waals surface area contributed by atoms with Gasteiger partial charge in [0, 0.05) is 6.42 Å². The van der Waals surface area contributed by atoms with Crippen LogP contribution in [-0.2, 0) is 14.3 Å². The second-order valence-electron chi connectivity index (χ2n) is 9.18. The van der Waals surface area contributed by atoms with Crippen LogP contribution in [0.2, 0.25) is 0 Å². The van der Waals surface area contributed by atoms with Crippen LogP contribution in [0.15, 0.2) is 0 Å². The fourth-order valence-corrected chi connectivity index (χ4v) is 3.48. The normalized spacial score (nSPS) is 12.3. The number of ether oxygens (including phenoxy) is 1. The monoisotopic (exact) mass is 437 g/mol. The number of carboxylic acids is 1.